The number of benzene rings is 3. The molecule has 0 radical (unpaired) electrons. The molecule has 0 aliphatic rings. The maximum atomic E-state index is 12.7. The van der Waals surface area contributed by atoms with Crippen LogP contribution in [0, 0.1) is 6.92 Å². The lowest BCUT2D eigenvalue weighted by atomic mass is 10.2. The van der Waals surface area contributed by atoms with E-state index in [1.54, 1.807) is 23.5 Å². The van der Waals surface area contributed by atoms with Crippen molar-refractivity contribution in [1.29, 1.82) is 0 Å². The summed E-state index contributed by atoms with van der Waals surface area (Å²) in [5.41, 5.74) is 4.09. The van der Waals surface area contributed by atoms with Gasteiger partial charge in [0.25, 0.3) is 0 Å². The minimum absolute atomic E-state index is 0.290. The Bertz CT molecular complexity index is 1220. The van der Waals surface area contributed by atoms with Gasteiger partial charge in [-0.3, -0.25) is 4.57 Å². The highest BCUT2D eigenvalue weighted by Crippen LogP contribution is 2.28. The molecule has 0 bridgehead atoms. The van der Waals surface area contributed by atoms with Gasteiger partial charge in [0, 0.05) is 22.0 Å². The summed E-state index contributed by atoms with van der Waals surface area (Å²) in [6.45, 7) is 3.97. The Morgan fingerprint density at radius 1 is 0.971 bits per heavy atom. The number of amides is 2. The zero-order valence-electron chi connectivity index (χ0n) is 19.4. The van der Waals surface area contributed by atoms with Gasteiger partial charge < -0.3 is 10.6 Å². The van der Waals surface area contributed by atoms with Crippen molar-refractivity contribution in [2.75, 3.05) is 11.6 Å². The Hall–Kier alpha value is -3.23. The number of aryl methyl sites for hydroxylation is 1. The number of nitrogens with zero attached hydrogens (tertiary/aromatic N) is 3. The molecule has 6 nitrogen and oxygen atoms in total. The molecule has 0 aliphatic carbocycles. The Morgan fingerprint density at radius 3 is 2.35 bits per heavy atom. The number of hydrogen-bond donors (Lipinski definition) is 2. The predicted octanol–water partition coefficient (Wildman–Crippen LogP) is 6.47. The van der Waals surface area contributed by atoms with E-state index < -0.39 is 0 Å². The quantitative estimate of drug-likeness (QED) is 0.277. The van der Waals surface area contributed by atoms with Crippen LogP contribution >= 0.6 is 23.5 Å². The first kappa shape index (κ1) is 23.9. The number of carbonyl (C=O) groups is 1. The Labute approximate surface area is 208 Å². The highest BCUT2D eigenvalue weighted by molar-refractivity contribution is 7.98. The van der Waals surface area contributed by atoms with Crippen LogP contribution in [0.15, 0.2) is 88.9 Å². The smallest absolute Gasteiger partial charge is 0.319 e. The molecule has 1 heterocycles. The van der Waals surface area contributed by atoms with Crippen LogP contribution in [0.1, 0.15) is 29.9 Å². The van der Waals surface area contributed by atoms with E-state index in [0.717, 1.165) is 27.2 Å². The van der Waals surface area contributed by atoms with E-state index in [4.69, 9.17) is 0 Å². The van der Waals surface area contributed by atoms with Gasteiger partial charge in [-0.2, -0.15) is 0 Å². The van der Waals surface area contributed by atoms with Crippen LogP contribution in [0.5, 0.6) is 0 Å². The molecule has 0 spiro atoms. The van der Waals surface area contributed by atoms with Crippen molar-refractivity contribution >= 4 is 35.2 Å². The second-order valence-corrected chi connectivity index (χ2v) is 9.66. The number of rotatable bonds is 8. The minimum atomic E-state index is -0.356. The normalized spacial score (nSPS) is 11.7. The van der Waals surface area contributed by atoms with Crippen LogP contribution in [-0.4, -0.2) is 27.1 Å². The molecule has 0 saturated carbocycles. The second kappa shape index (κ2) is 11.3. The number of urea groups is 1. The van der Waals surface area contributed by atoms with Gasteiger partial charge in [-0.15, -0.1) is 22.0 Å². The van der Waals surface area contributed by atoms with Crippen LogP contribution in [0.2, 0.25) is 0 Å². The van der Waals surface area contributed by atoms with Crippen molar-refractivity contribution in [3.05, 3.63) is 95.8 Å². The zero-order valence-corrected chi connectivity index (χ0v) is 21.0. The summed E-state index contributed by atoms with van der Waals surface area (Å²) in [5.74, 6) is 1.45. The Morgan fingerprint density at radius 2 is 1.68 bits per heavy atom. The van der Waals surface area contributed by atoms with E-state index in [1.165, 1.54) is 11.1 Å². The molecule has 2 amide bonds. The van der Waals surface area contributed by atoms with Crippen LogP contribution in [0.3, 0.4) is 0 Å². The standard InChI is InChI=1S/C26H27N5OS2/c1-18-9-13-22(14-10-18)31-24(29-30-26(31)34-17-20-7-5-4-6-8-20)19(2)27-25(32)28-21-11-15-23(33-3)16-12-21/h4-16,19H,17H2,1-3H3,(H2,27,28,32). The van der Waals surface area contributed by atoms with Crippen LogP contribution < -0.4 is 10.6 Å². The van der Waals surface area contributed by atoms with Gasteiger partial charge in [0.15, 0.2) is 11.0 Å². The molecule has 3 aromatic carbocycles. The summed E-state index contributed by atoms with van der Waals surface area (Å²) in [6.07, 6.45) is 2.02. The highest BCUT2D eigenvalue weighted by Gasteiger charge is 2.21. The van der Waals surface area contributed by atoms with E-state index >= 15 is 0 Å². The topological polar surface area (TPSA) is 71.8 Å². The second-order valence-electron chi connectivity index (χ2n) is 7.83. The van der Waals surface area contributed by atoms with Gasteiger partial charge in [0.05, 0.1) is 6.04 Å². The van der Waals surface area contributed by atoms with Crippen LogP contribution in [-0.2, 0) is 5.75 Å². The molecule has 174 valence electrons. The van der Waals surface area contributed by atoms with E-state index in [1.807, 2.05) is 60.2 Å². The third-order valence-corrected chi connectivity index (χ3v) is 6.99. The Balaban J connectivity index is 1.53. The monoisotopic (exact) mass is 489 g/mol. The number of hydrogen-bond acceptors (Lipinski definition) is 5. The molecule has 0 saturated heterocycles. The summed E-state index contributed by atoms with van der Waals surface area (Å²) < 4.78 is 2.02. The summed E-state index contributed by atoms with van der Waals surface area (Å²) in [6, 6.07) is 25.6. The molecule has 2 N–H and O–H groups in total. The third-order valence-electron chi connectivity index (χ3n) is 5.24. The number of carbonyl (C=O) groups excluding carboxylic acids is 1. The molecule has 4 rings (SSSR count). The summed E-state index contributed by atoms with van der Waals surface area (Å²) in [5, 5.41) is 15.6. The molecule has 4 aromatic rings. The van der Waals surface area contributed by atoms with Crippen molar-refractivity contribution in [1.82, 2.24) is 20.1 Å². The maximum absolute atomic E-state index is 12.7. The lowest BCUT2D eigenvalue weighted by Crippen LogP contribution is -2.32. The van der Waals surface area contributed by atoms with Crippen molar-refractivity contribution < 1.29 is 4.79 Å². The Kier molecular flexibility index (Phi) is 7.92. The fourth-order valence-electron chi connectivity index (χ4n) is 3.42. The van der Waals surface area contributed by atoms with Gasteiger partial charge in [-0.25, -0.2) is 4.79 Å². The number of thioether (sulfide) groups is 2. The average molecular weight is 490 g/mol. The minimum Gasteiger partial charge on any atom is -0.328 e. The summed E-state index contributed by atoms with van der Waals surface area (Å²) in [4.78, 5) is 13.8. The average Bonchev–Trinajstić information content (AvgIpc) is 3.28. The lowest BCUT2D eigenvalue weighted by Gasteiger charge is -2.17. The van der Waals surface area contributed by atoms with Gasteiger partial charge in [-0.05, 0) is 62.1 Å². The van der Waals surface area contributed by atoms with Crippen molar-refractivity contribution in [3.63, 3.8) is 0 Å². The fourth-order valence-corrected chi connectivity index (χ4v) is 4.74. The zero-order chi connectivity index (χ0) is 23.9. The lowest BCUT2D eigenvalue weighted by molar-refractivity contribution is 0.249. The molecular weight excluding hydrogens is 462 g/mol. The number of aromatic nitrogens is 3. The first-order chi connectivity index (χ1) is 16.5. The highest BCUT2D eigenvalue weighted by atomic mass is 32.2. The first-order valence-corrected chi connectivity index (χ1v) is 13.1. The van der Waals surface area contributed by atoms with Gasteiger partial charge in [0.2, 0.25) is 0 Å². The van der Waals surface area contributed by atoms with E-state index in [-0.39, 0.29) is 12.1 Å². The first-order valence-electron chi connectivity index (χ1n) is 10.9. The van der Waals surface area contributed by atoms with E-state index in [9.17, 15) is 4.79 Å². The van der Waals surface area contributed by atoms with E-state index in [0.29, 0.717) is 5.82 Å². The SMILES string of the molecule is CSc1ccc(NC(=O)NC(C)c2nnc(SCc3ccccc3)n2-c2ccc(C)cc2)cc1. The maximum Gasteiger partial charge on any atom is 0.319 e. The molecular formula is C26H27N5OS2. The van der Waals surface area contributed by atoms with Gasteiger partial charge in [-0.1, -0.05) is 59.8 Å². The molecule has 0 fully saturated rings. The number of nitrogens with one attached hydrogen (secondary N) is 2. The summed E-state index contributed by atoms with van der Waals surface area (Å²) >= 11 is 3.28. The largest absolute Gasteiger partial charge is 0.328 e. The molecule has 1 aromatic heterocycles. The molecule has 0 aliphatic heterocycles. The van der Waals surface area contributed by atoms with Crippen molar-refractivity contribution in [2.24, 2.45) is 0 Å². The molecule has 1 atom stereocenters. The molecule has 8 heteroatoms. The van der Waals surface area contributed by atoms with Crippen molar-refractivity contribution in [3.8, 4) is 5.69 Å². The predicted molar refractivity (Wildman–Crippen MR) is 141 cm³/mol. The van der Waals surface area contributed by atoms with Crippen LogP contribution in [0.4, 0.5) is 10.5 Å². The third kappa shape index (κ3) is 6.01. The molecule has 1 unspecified atom stereocenters. The molecule has 34 heavy (non-hydrogen) atoms. The van der Waals surface area contributed by atoms with Gasteiger partial charge in [0.1, 0.15) is 0 Å². The van der Waals surface area contributed by atoms with Gasteiger partial charge >= 0.3 is 6.03 Å². The summed E-state index contributed by atoms with van der Waals surface area (Å²) in [7, 11) is 0. The van der Waals surface area contributed by atoms with E-state index in [2.05, 4.69) is 64.2 Å². The fraction of sp³-hybridized carbons (Fsp3) is 0.192. The van der Waals surface area contributed by atoms with Crippen molar-refractivity contribution in [2.45, 2.75) is 35.7 Å². The van der Waals surface area contributed by atoms with Crippen LogP contribution in [0.25, 0.3) is 5.69 Å². The number of anilines is 1.